The minimum absolute atomic E-state index is 0.0227. The van der Waals surface area contributed by atoms with Gasteiger partial charge in [-0.05, 0) is 29.7 Å². The smallest absolute Gasteiger partial charge is 0.475 e. The predicted molar refractivity (Wildman–Crippen MR) is 120 cm³/mol. The van der Waals surface area contributed by atoms with E-state index in [9.17, 15) is 26.4 Å². The zero-order valence-electron chi connectivity index (χ0n) is 19.0. The number of morpholine rings is 1. The number of rotatable bonds is 4. The second-order valence-corrected chi connectivity index (χ2v) is 11.1. The number of hydrogen-bond donors (Lipinski definition) is 1. The molecule has 0 saturated carbocycles. The first-order valence-electron chi connectivity index (χ1n) is 11.1. The van der Waals surface area contributed by atoms with Crippen LogP contribution in [0.2, 0.25) is 0 Å². The monoisotopic (exact) mass is 527 g/mol. The number of carbonyl (C=O) groups excluding carboxylic acids is 1. The van der Waals surface area contributed by atoms with Crippen LogP contribution in [0.25, 0.3) is 0 Å². The Bertz CT molecular complexity index is 1210. The summed E-state index contributed by atoms with van der Waals surface area (Å²) >= 11 is 0. The lowest BCUT2D eigenvalue weighted by molar-refractivity contribution is -0.192. The lowest BCUT2D eigenvalue weighted by Crippen LogP contribution is -2.56. The number of aromatic nitrogens is 1. The summed E-state index contributed by atoms with van der Waals surface area (Å²) in [4.78, 5) is 27.6. The van der Waals surface area contributed by atoms with Crippen molar-refractivity contribution < 1.29 is 41.0 Å². The number of hydrogen-bond acceptors (Lipinski definition) is 6. The molecule has 1 spiro atoms. The molecular formula is C23H24F3N3O6S. The Balaban J connectivity index is 0.000000384. The van der Waals surface area contributed by atoms with E-state index in [1.165, 1.54) is 4.31 Å². The molecule has 0 aliphatic carbocycles. The number of nitrogens with zero attached hydrogens (tertiary/aromatic N) is 3. The first-order chi connectivity index (χ1) is 16.9. The summed E-state index contributed by atoms with van der Waals surface area (Å²) in [5.41, 5.74) is 1.02. The van der Waals surface area contributed by atoms with E-state index in [0.29, 0.717) is 32.5 Å². The topological polar surface area (TPSA) is 117 Å². The molecule has 9 nitrogen and oxygen atoms in total. The number of pyridine rings is 1. The highest BCUT2D eigenvalue weighted by atomic mass is 32.2. The number of carboxylic acids is 1. The molecule has 194 valence electrons. The first kappa shape index (κ1) is 26.0. The number of likely N-dealkylation sites (tertiary alicyclic amines) is 1. The van der Waals surface area contributed by atoms with Crippen molar-refractivity contribution in [2.45, 2.75) is 42.5 Å². The second kappa shape index (κ2) is 9.79. The highest BCUT2D eigenvalue weighted by Gasteiger charge is 2.65. The van der Waals surface area contributed by atoms with Crippen molar-refractivity contribution in [2.75, 3.05) is 19.6 Å². The molecule has 0 unspecified atom stereocenters. The zero-order valence-corrected chi connectivity index (χ0v) is 19.8. The van der Waals surface area contributed by atoms with Gasteiger partial charge in [0.1, 0.15) is 10.9 Å². The first-order valence-corrected chi connectivity index (χ1v) is 12.6. The maximum atomic E-state index is 13.2. The average Bonchev–Trinajstić information content (AvgIpc) is 3.19. The Morgan fingerprint density at radius 3 is 2.33 bits per heavy atom. The summed E-state index contributed by atoms with van der Waals surface area (Å²) in [6.07, 6.45) is -1.21. The van der Waals surface area contributed by atoms with Gasteiger partial charge >= 0.3 is 12.1 Å². The van der Waals surface area contributed by atoms with Gasteiger partial charge < -0.3 is 14.7 Å². The average molecular weight is 528 g/mol. The number of benzene rings is 1. The molecule has 2 bridgehead atoms. The van der Waals surface area contributed by atoms with Crippen molar-refractivity contribution >= 4 is 21.9 Å². The number of fused-ring (bicyclic) bond motifs is 1. The van der Waals surface area contributed by atoms with E-state index in [-0.39, 0.29) is 18.6 Å². The van der Waals surface area contributed by atoms with Gasteiger partial charge in [0.15, 0.2) is 0 Å². The predicted octanol–water partition coefficient (Wildman–Crippen LogP) is 1.84. The van der Waals surface area contributed by atoms with Crippen LogP contribution in [0.3, 0.4) is 0 Å². The number of carboxylic acid groups (broad SMARTS) is 1. The Kier molecular flexibility index (Phi) is 7.08. The number of carbonyl (C=O) groups is 2. The Morgan fingerprint density at radius 1 is 1.08 bits per heavy atom. The van der Waals surface area contributed by atoms with Gasteiger partial charge in [-0.15, -0.1) is 0 Å². The molecule has 4 heterocycles. The van der Waals surface area contributed by atoms with Crippen LogP contribution in [0.1, 0.15) is 17.5 Å². The third-order valence-electron chi connectivity index (χ3n) is 6.41. The molecule has 36 heavy (non-hydrogen) atoms. The van der Waals surface area contributed by atoms with E-state index >= 15 is 0 Å². The maximum absolute atomic E-state index is 13.2. The van der Waals surface area contributed by atoms with E-state index in [2.05, 4.69) is 4.98 Å². The SMILES string of the molecule is O=C(Cc1ccccc1)N1C[C@H]2C[C@H]3[C@](C1)(CN(Cc1ccncc1)S3(=O)=O)O2.O=C(O)C(F)(F)F. The zero-order chi connectivity index (χ0) is 26.1. The third-order valence-corrected chi connectivity index (χ3v) is 8.73. The van der Waals surface area contributed by atoms with Crippen LogP contribution in [-0.2, 0) is 37.3 Å². The summed E-state index contributed by atoms with van der Waals surface area (Å²) in [7, 11) is -3.48. The van der Waals surface area contributed by atoms with Crippen LogP contribution < -0.4 is 0 Å². The molecule has 3 fully saturated rings. The van der Waals surface area contributed by atoms with Gasteiger partial charge in [-0.3, -0.25) is 9.78 Å². The summed E-state index contributed by atoms with van der Waals surface area (Å²) in [5.74, 6) is -2.73. The Morgan fingerprint density at radius 2 is 1.72 bits per heavy atom. The van der Waals surface area contributed by atoms with Crippen LogP contribution in [-0.4, -0.2) is 82.4 Å². The van der Waals surface area contributed by atoms with Gasteiger partial charge in [0.25, 0.3) is 0 Å². The van der Waals surface area contributed by atoms with Crippen molar-refractivity contribution in [1.29, 1.82) is 0 Å². The van der Waals surface area contributed by atoms with Crippen molar-refractivity contribution in [2.24, 2.45) is 0 Å². The maximum Gasteiger partial charge on any atom is 0.490 e. The quantitative estimate of drug-likeness (QED) is 0.645. The molecule has 3 saturated heterocycles. The fourth-order valence-corrected chi connectivity index (χ4v) is 7.15. The van der Waals surface area contributed by atoms with E-state index in [4.69, 9.17) is 14.6 Å². The molecular weight excluding hydrogens is 503 g/mol. The molecule has 0 radical (unpaired) electrons. The lowest BCUT2D eigenvalue weighted by Gasteiger charge is -2.39. The number of amides is 1. The molecule has 1 N–H and O–H groups in total. The fraction of sp³-hybridized carbons (Fsp3) is 0.435. The summed E-state index contributed by atoms with van der Waals surface area (Å²) < 4.78 is 65.9. The highest BCUT2D eigenvalue weighted by molar-refractivity contribution is 7.90. The number of aliphatic carboxylic acids is 1. The number of alkyl halides is 3. The van der Waals surface area contributed by atoms with Crippen LogP contribution in [0, 0.1) is 0 Å². The van der Waals surface area contributed by atoms with E-state index in [1.807, 2.05) is 42.5 Å². The molecule has 5 rings (SSSR count). The van der Waals surface area contributed by atoms with Gasteiger partial charge in [0, 0.05) is 32.0 Å². The van der Waals surface area contributed by atoms with Crippen LogP contribution in [0.5, 0.6) is 0 Å². The van der Waals surface area contributed by atoms with Gasteiger partial charge in [-0.25, -0.2) is 13.2 Å². The van der Waals surface area contributed by atoms with Gasteiger partial charge in [0.2, 0.25) is 15.9 Å². The largest absolute Gasteiger partial charge is 0.490 e. The van der Waals surface area contributed by atoms with Crippen LogP contribution in [0.15, 0.2) is 54.9 Å². The van der Waals surface area contributed by atoms with Crippen LogP contribution >= 0.6 is 0 Å². The number of halogens is 3. The van der Waals surface area contributed by atoms with E-state index < -0.39 is 33.0 Å². The standard InChI is InChI=1S/C21H23N3O4S.C2HF3O2/c25-20(10-16-4-2-1-3-5-16)23-13-18-11-19-21(14-23,28-18)15-24(29(19,26)27)12-17-6-8-22-9-7-17;3-2(4,5)1(6)7/h1-9,18-19H,10-15H2;(H,6,7)/t18-,19+,21+;/m1./s1. The molecule has 13 heteroatoms. The van der Waals surface area contributed by atoms with Gasteiger partial charge in [0.05, 0.1) is 19.1 Å². The lowest BCUT2D eigenvalue weighted by atomic mass is 9.99. The Hall–Kier alpha value is -3.03. The van der Waals surface area contributed by atoms with Crippen LogP contribution in [0.4, 0.5) is 13.2 Å². The molecule has 3 aliphatic heterocycles. The third kappa shape index (κ3) is 5.37. The molecule has 1 aromatic heterocycles. The molecule has 1 amide bonds. The summed E-state index contributed by atoms with van der Waals surface area (Å²) in [6.45, 7) is 1.37. The normalized spacial score (nSPS) is 26.6. The molecule has 1 aromatic carbocycles. The van der Waals surface area contributed by atoms with Crippen molar-refractivity contribution in [3.63, 3.8) is 0 Å². The fourth-order valence-electron chi connectivity index (χ4n) is 4.85. The van der Waals surface area contributed by atoms with Crippen molar-refractivity contribution in [1.82, 2.24) is 14.2 Å². The Labute approximate surface area is 205 Å². The summed E-state index contributed by atoms with van der Waals surface area (Å²) in [5, 5.41) is 6.54. The minimum Gasteiger partial charge on any atom is -0.475 e. The highest BCUT2D eigenvalue weighted by Crippen LogP contribution is 2.47. The number of sulfonamides is 1. The molecule has 3 atom stereocenters. The minimum atomic E-state index is -5.08. The molecule has 3 aliphatic rings. The van der Waals surface area contributed by atoms with Gasteiger partial charge in [-0.1, -0.05) is 30.3 Å². The molecule has 2 aromatic rings. The van der Waals surface area contributed by atoms with E-state index in [0.717, 1.165) is 11.1 Å². The van der Waals surface area contributed by atoms with Gasteiger partial charge in [-0.2, -0.15) is 17.5 Å². The second-order valence-electron chi connectivity index (χ2n) is 8.94. The van der Waals surface area contributed by atoms with Crippen molar-refractivity contribution in [3.05, 3.63) is 66.0 Å². The van der Waals surface area contributed by atoms with E-state index in [1.54, 1.807) is 17.3 Å². The van der Waals surface area contributed by atoms with Crippen molar-refractivity contribution in [3.8, 4) is 0 Å². The summed E-state index contributed by atoms with van der Waals surface area (Å²) in [6, 6.07) is 13.3. The number of ether oxygens (including phenoxy) is 1.